The molecule has 0 aliphatic carbocycles. The van der Waals surface area contributed by atoms with E-state index in [9.17, 15) is 4.79 Å². The molecule has 0 radical (unpaired) electrons. The van der Waals surface area contributed by atoms with Crippen LogP contribution in [0.5, 0.6) is 0 Å². The van der Waals surface area contributed by atoms with Gasteiger partial charge in [-0.25, -0.2) is 9.97 Å². The van der Waals surface area contributed by atoms with Crippen molar-refractivity contribution in [1.82, 2.24) is 15.0 Å². The van der Waals surface area contributed by atoms with Gasteiger partial charge in [-0.2, -0.15) is 0 Å². The summed E-state index contributed by atoms with van der Waals surface area (Å²) >= 11 is 0. The largest absolute Gasteiger partial charge is 0.320 e. The van der Waals surface area contributed by atoms with Gasteiger partial charge in [0.25, 0.3) is 0 Å². The molecule has 0 bridgehead atoms. The highest BCUT2D eigenvalue weighted by Crippen LogP contribution is 2.21. The second-order valence-electron chi connectivity index (χ2n) is 5.94. The smallest absolute Gasteiger partial charge is 0.243 e. The summed E-state index contributed by atoms with van der Waals surface area (Å²) in [6, 6.07) is 11.1. The maximum absolute atomic E-state index is 12.0. The number of carbonyl (C=O) groups excluding carboxylic acids is 1. The van der Waals surface area contributed by atoms with E-state index in [0.29, 0.717) is 5.69 Å². The van der Waals surface area contributed by atoms with Crippen molar-refractivity contribution in [2.45, 2.75) is 19.9 Å². The zero-order chi connectivity index (χ0) is 17.1. The van der Waals surface area contributed by atoms with Crippen molar-refractivity contribution in [2.75, 3.05) is 5.32 Å². The molecule has 2 heterocycles. The van der Waals surface area contributed by atoms with Gasteiger partial charge in [-0.3, -0.25) is 15.1 Å². The summed E-state index contributed by atoms with van der Waals surface area (Å²) in [4.78, 5) is 25.0. The number of hydrogen-bond acceptors (Lipinski definition) is 5. The Morgan fingerprint density at radius 3 is 2.75 bits per heavy atom. The van der Waals surface area contributed by atoms with Gasteiger partial charge in [-0.1, -0.05) is 32.0 Å². The van der Waals surface area contributed by atoms with Crippen molar-refractivity contribution in [1.29, 1.82) is 0 Å². The zero-order valence-corrected chi connectivity index (χ0v) is 13.6. The molecule has 2 aromatic heterocycles. The number of carbonyl (C=O) groups is 1. The predicted molar refractivity (Wildman–Crippen MR) is 94.2 cm³/mol. The molecule has 24 heavy (non-hydrogen) atoms. The van der Waals surface area contributed by atoms with Crippen LogP contribution in [-0.2, 0) is 4.79 Å². The summed E-state index contributed by atoms with van der Waals surface area (Å²) in [5.74, 6) is -0.0154. The highest BCUT2D eigenvalue weighted by Gasteiger charge is 2.18. The van der Waals surface area contributed by atoms with Gasteiger partial charge >= 0.3 is 0 Å². The summed E-state index contributed by atoms with van der Waals surface area (Å²) in [7, 11) is 0. The Morgan fingerprint density at radius 1 is 1.17 bits per heavy atom. The Balaban J connectivity index is 1.88. The first-order chi connectivity index (χ1) is 11.5. The molecule has 1 aromatic carbocycles. The summed E-state index contributed by atoms with van der Waals surface area (Å²) in [6.07, 6.45) is 3.37. The molecule has 1 atom stereocenters. The number of pyridine rings is 1. The van der Waals surface area contributed by atoms with Crippen LogP contribution in [0.3, 0.4) is 0 Å². The minimum atomic E-state index is -0.598. The first-order valence-electron chi connectivity index (χ1n) is 7.79. The van der Waals surface area contributed by atoms with Crippen molar-refractivity contribution in [3.8, 4) is 11.3 Å². The number of amides is 1. The van der Waals surface area contributed by atoms with E-state index in [-0.39, 0.29) is 17.8 Å². The van der Waals surface area contributed by atoms with E-state index in [4.69, 9.17) is 5.73 Å². The lowest BCUT2D eigenvalue weighted by Gasteiger charge is -2.14. The lowest BCUT2D eigenvalue weighted by atomic mass is 10.1. The van der Waals surface area contributed by atoms with Crippen LogP contribution in [0.2, 0.25) is 0 Å². The van der Waals surface area contributed by atoms with Gasteiger partial charge in [0.2, 0.25) is 11.9 Å². The normalized spacial score (nSPS) is 12.3. The zero-order valence-electron chi connectivity index (χ0n) is 13.6. The molecular weight excluding hydrogens is 302 g/mol. The molecule has 6 heteroatoms. The van der Waals surface area contributed by atoms with Crippen LogP contribution in [-0.4, -0.2) is 26.9 Å². The number of nitrogens with zero attached hydrogens (tertiary/aromatic N) is 3. The predicted octanol–water partition coefficient (Wildman–Crippen LogP) is 2.61. The monoisotopic (exact) mass is 321 g/mol. The Kier molecular flexibility index (Phi) is 4.48. The Bertz CT molecular complexity index is 878. The van der Waals surface area contributed by atoms with Crippen molar-refractivity contribution in [3.63, 3.8) is 0 Å². The molecule has 0 unspecified atom stereocenters. The van der Waals surface area contributed by atoms with Gasteiger partial charge in [-0.15, -0.1) is 0 Å². The minimum absolute atomic E-state index is 0.0397. The van der Waals surface area contributed by atoms with E-state index in [1.165, 1.54) is 0 Å². The number of anilines is 1. The first-order valence-corrected chi connectivity index (χ1v) is 7.79. The van der Waals surface area contributed by atoms with Gasteiger partial charge in [0.05, 0.1) is 17.3 Å². The third kappa shape index (κ3) is 3.38. The quantitative estimate of drug-likeness (QED) is 0.770. The molecular formula is C18H19N5O. The molecule has 122 valence electrons. The summed E-state index contributed by atoms with van der Waals surface area (Å²) in [5, 5.41) is 3.69. The first kappa shape index (κ1) is 16.0. The lowest BCUT2D eigenvalue weighted by molar-refractivity contribution is -0.118. The van der Waals surface area contributed by atoms with Crippen molar-refractivity contribution < 1.29 is 4.79 Å². The van der Waals surface area contributed by atoms with E-state index < -0.39 is 6.04 Å². The third-order valence-corrected chi connectivity index (χ3v) is 3.80. The Hall–Kier alpha value is -2.86. The fourth-order valence-electron chi connectivity index (χ4n) is 2.29. The molecule has 0 saturated carbocycles. The molecule has 0 aliphatic rings. The van der Waals surface area contributed by atoms with Crippen LogP contribution >= 0.6 is 0 Å². The van der Waals surface area contributed by atoms with E-state index in [1.54, 1.807) is 18.5 Å². The van der Waals surface area contributed by atoms with Crippen molar-refractivity contribution >= 4 is 22.8 Å². The van der Waals surface area contributed by atoms with E-state index in [0.717, 1.165) is 16.5 Å². The molecule has 3 aromatic rings. The molecule has 6 nitrogen and oxygen atoms in total. The lowest BCUT2D eigenvalue weighted by Crippen LogP contribution is -2.40. The maximum Gasteiger partial charge on any atom is 0.243 e. The average molecular weight is 321 g/mol. The molecule has 1 amide bonds. The fourth-order valence-corrected chi connectivity index (χ4v) is 2.29. The number of fused-ring (bicyclic) bond motifs is 1. The van der Waals surface area contributed by atoms with Gasteiger partial charge in [0.1, 0.15) is 0 Å². The third-order valence-electron chi connectivity index (χ3n) is 3.80. The highest BCUT2D eigenvalue weighted by molar-refractivity contribution is 5.93. The number of nitrogens with one attached hydrogen (secondary N) is 1. The number of rotatable bonds is 4. The molecule has 3 N–H and O–H groups in total. The number of aromatic nitrogens is 3. The topological polar surface area (TPSA) is 93.8 Å². The minimum Gasteiger partial charge on any atom is -0.320 e. The van der Waals surface area contributed by atoms with Crippen molar-refractivity contribution in [3.05, 3.63) is 48.8 Å². The number of hydrogen-bond donors (Lipinski definition) is 2. The number of para-hydroxylation sites is 1. The Morgan fingerprint density at radius 2 is 1.96 bits per heavy atom. The van der Waals surface area contributed by atoms with Crippen LogP contribution in [0.15, 0.2) is 48.8 Å². The van der Waals surface area contributed by atoms with E-state index >= 15 is 0 Å². The standard InChI is InChI=1S/C18H19N5O/c1-11(2)16(19)17(24)23-18-20-8-7-15(22-18)13-9-12-5-3-4-6-14(12)21-10-13/h3-11,16H,19H2,1-2H3,(H,20,22,23,24)/t16-/m0/s1. The summed E-state index contributed by atoms with van der Waals surface area (Å²) in [5.41, 5.74) is 8.32. The highest BCUT2D eigenvalue weighted by atomic mass is 16.2. The second-order valence-corrected chi connectivity index (χ2v) is 5.94. The fraction of sp³-hybridized carbons (Fsp3) is 0.222. The Labute approximate surface area is 140 Å². The average Bonchev–Trinajstić information content (AvgIpc) is 2.60. The molecule has 0 spiro atoms. The van der Waals surface area contributed by atoms with Crippen LogP contribution in [0.1, 0.15) is 13.8 Å². The second kappa shape index (κ2) is 6.72. The van der Waals surface area contributed by atoms with Crippen LogP contribution in [0, 0.1) is 5.92 Å². The van der Waals surface area contributed by atoms with Crippen LogP contribution in [0.25, 0.3) is 22.2 Å². The summed E-state index contributed by atoms with van der Waals surface area (Å²) < 4.78 is 0. The van der Waals surface area contributed by atoms with Crippen molar-refractivity contribution in [2.24, 2.45) is 11.7 Å². The molecule has 0 aliphatic heterocycles. The van der Waals surface area contributed by atoms with Gasteiger partial charge < -0.3 is 5.73 Å². The maximum atomic E-state index is 12.0. The summed E-state index contributed by atoms with van der Waals surface area (Å²) in [6.45, 7) is 3.78. The molecule has 0 saturated heterocycles. The van der Waals surface area contributed by atoms with Gasteiger partial charge in [-0.05, 0) is 24.1 Å². The van der Waals surface area contributed by atoms with E-state index in [2.05, 4.69) is 20.3 Å². The number of nitrogens with two attached hydrogens (primary N) is 1. The SMILES string of the molecule is CC(C)[C@H](N)C(=O)Nc1nccc(-c2cnc3ccccc3c2)n1. The van der Waals surface area contributed by atoms with E-state index in [1.807, 2.05) is 44.2 Å². The van der Waals surface area contributed by atoms with Gasteiger partial charge in [0, 0.05) is 23.3 Å². The van der Waals surface area contributed by atoms with Gasteiger partial charge in [0.15, 0.2) is 0 Å². The van der Waals surface area contributed by atoms with Crippen LogP contribution in [0.4, 0.5) is 5.95 Å². The molecule has 3 rings (SSSR count). The number of benzene rings is 1. The molecule has 0 fully saturated rings. The van der Waals surface area contributed by atoms with Crippen LogP contribution < -0.4 is 11.1 Å².